The van der Waals surface area contributed by atoms with Crippen LogP contribution in [0.15, 0.2) is 48.8 Å². The normalized spacial score (nSPS) is 17.5. The number of aromatic amines is 2. The van der Waals surface area contributed by atoms with Crippen LogP contribution in [0.25, 0.3) is 22.5 Å². The average molecular weight is 863 g/mol. The number of carbonyl (C=O) groups excluding carboxylic acids is 4. The van der Waals surface area contributed by atoms with Gasteiger partial charge in [0.15, 0.2) is 0 Å². The highest BCUT2D eigenvalue weighted by Crippen LogP contribution is 2.43. The van der Waals surface area contributed by atoms with Gasteiger partial charge in [-0.15, -0.1) is 0 Å². The van der Waals surface area contributed by atoms with Crippen molar-refractivity contribution in [3.63, 3.8) is 0 Å². The summed E-state index contributed by atoms with van der Waals surface area (Å²) in [6.45, 7) is 22.9. The number of rotatable bonds is 16. The maximum atomic E-state index is 14.0. The van der Waals surface area contributed by atoms with Crippen LogP contribution in [0.1, 0.15) is 109 Å². The number of methoxy groups -OCH3 is 2. The van der Waals surface area contributed by atoms with Crippen LogP contribution >= 0.6 is 0 Å². The summed E-state index contributed by atoms with van der Waals surface area (Å²) in [5, 5.41) is 5.45. The van der Waals surface area contributed by atoms with Gasteiger partial charge in [0, 0.05) is 23.7 Å². The van der Waals surface area contributed by atoms with E-state index in [-0.39, 0.29) is 41.7 Å². The van der Waals surface area contributed by atoms with Gasteiger partial charge in [0.05, 0.1) is 50.6 Å². The number of ether oxygens (including phenoxy) is 2. The van der Waals surface area contributed by atoms with Crippen LogP contribution in [-0.4, -0.2) is 92.6 Å². The van der Waals surface area contributed by atoms with E-state index in [2.05, 4.69) is 77.3 Å². The molecule has 6 unspecified atom stereocenters. The van der Waals surface area contributed by atoms with Gasteiger partial charge in [0.25, 0.3) is 0 Å². The Balaban J connectivity index is 1.29. The Morgan fingerprint density at radius 1 is 0.746 bits per heavy atom. The third-order valence-electron chi connectivity index (χ3n) is 12.5. The average Bonchev–Trinajstić information content (AvgIpc) is 3.65. The molecule has 1 saturated carbocycles. The second-order valence-corrected chi connectivity index (χ2v) is 17.8. The first kappa shape index (κ1) is 47.9. The van der Waals surface area contributed by atoms with E-state index in [0.717, 1.165) is 51.2 Å². The number of aromatic nitrogens is 4. The van der Waals surface area contributed by atoms with Crippen LogP contribution in [0.2, 0.25) is 0 Å². The molecule has 2 heterocycles. The fourth-order valence-electron chi connectivity index (χ4n) is 7.87. The fraction of sp³-hybridized carbons (Fsp3) is 0.510. The van der Waals surface area contributed by atoms with Crippen LogP contribution in [0, 0.1) is 55.3 Å². The lowest BCUT2D eigenvalue weighted by Gasteiger charge is -2.34. The smallest absolute Gasteiger partial charge is 0.407 e. The van der Waals surface area contributed by atoms with Gasteiger partial charge in [-0.25, -0.2) is 19.6 Å². The Bertz CT molecular complexity index is 2310. The molecule has 0 radical (unpaired) electrons. The van der Waals surface area contributed by atoms with E-state index in [1.807, 2.05) is 77.6 Å². The molecule has 0 aliphatic heterocycles. The van der Waals surface area contributed by atoms with Crippen LogP contribution in [0.5, 0.6) is 0 Å². The second-order valence-electron chi connectivity index (χ2n) is 17.8. The van der Waals surface area contributed by atoms with Gasteiger partial charge < -0.3 is 39.9 Å². The summed E-state index contributed by atoms with van der Waals surface area (Å²) >= 11 is 0. The number of amides is 4. The van der Waals surface area contributed by atoms with Crippen molar-refractivity contribution in [1.82, 2.24) is 40.4 Å². The van der Waals surface area contributed by atoms with E-state index in [4.69, 9.17) is 14.5 Å². The zero-order valence-electron chi connectivity index (χ0n) is 39.2. The molecule has 0 bridgehead atoms. The number of alkyl carbamates (subject to hydrolysis) is 2. The highest BCUT2D eigenvalue weighted by atomic mass is 16.5. The summed E-state index contributed by atoms with van der Waals surface area (Å²) in [5.41, 5.74) is 7.37. The zero-order chi connectivity index (χ0) is 46.3. The Morgan fingerprint density at radius 3 is 1.70 bits per heavy atom. The molecule has 63 heavy (non-hydrogen) atoms. The minimum atomic E-state index is -0.745. The standard InChI is InChI=1S/C49H66N8O6/c1-14-29(6)25-56(46(58)42(27(2)3)54-48(60)62-12)34(11)45-51-24-40(53-45)38-20-18-36(31(8)22-38)16-15-35-17-19-37(21-30(35)7)39-23-50-41(52-39)26-57(44-32(9)33(44)10)47(59)43(28(4)5)55-49(61)63-13/h17-24,27-29,32-34,42-44H,14,25-26H2,1-13H3,(H,50,52)(H,51,53)(H,54,60)(H,55,61). The van der Waals surface area contributed by atoms with Crippen molar-refractivity contribution in [3.05, 3.63) is 82.7 Å². The highest BCUT2D eigenvalue weighted by molar-refractivity contribution is 5.87. The van der Waals surface area contributed by atoms with Crippen molar-refractivity contribution in [1.29, 1.82) is 0 Å². The van der Waals surface area contributed by atoms with Crippen molar-refractivity contribution >= 4 is 24.0 Å². The predicted molar refractivity (Wildman–Crippen MR) is 244 cm³/mol. The third-order valence-corrected chi connectivity index (χ3v) is 12.5. The number of H-pyrrole nitrogens is 2. The summed E-state index contributed by atoms with van der Waals surface area (Å²) in [5.74, 6) is 8.34. The Hall–Kier alpha value is -6.10. The highest BCUT2D eigenvalue weighted by Gasteiger charge is 2.50. The molecule has 2 aromatic carbocycles. The number of aryl methyl sites for hydroxylation is 2. The lowest BCUT2D eigenvalue weighted by Crippen LogP contribution is -2.52. The van der Waals surface area contributed by atoms with Gasteiger partial charge in [-0.1, -0.05) is 85.8 Å². The largest absolute Gasteiger partial charge is 0.453 e. The van der Waals surface area contributed by atoms with E-state index >= 15 is 0 Å². The molecule has 4 N–H and O–H groups in total. The number of hydrogen-bond acceptors (Lipinski definition) is 8. The van der Waals surface area contributed by atoms with Gasteiger partial charge in [-0.05, 0) is 96.9 Å². The molecule has 14 nitrogen and oxygen atoms in total. The predicted octanol–water partition coefficient (Wildman–Crippen LogP) is 8.16. The molecule has 5 rings (SSSR count). The molecule has 0 spiro atoms. The molecule has 6 atom stereocenters. The van der Waals surface area contributed by atoms with Crippen molar-refractivity contribution in [2.24, 2.45) is 29.6 Å². The lowest BCUT2D eigenvalue weighted by molar-refractivity contribution is -0.137. The van der Waals surface area contributed by atoms with Crippen LogP contribution in [0.3, 0.4) is 0 Å². The Kier molecular flexibility index (Phi) is 15.9. The molecular formula is C49H66N8O6. The van der Waals surface area contributed by atoms with E-state index < -0.39 is 24.3 Å². The summed E-state index contributed by atoms with van der Waals surface area (Å²) in [6.07, 6.45) is 3.19. The molecule has 0 saturated heterocycles. The van der Waals surface area contributed by atoms with E-state index in [1.54, 1.807) is 17.3 Å². The summed E-state index contributed by atoms with van der Waals surface area (Å²) in [7, 11) is 2.58. The Morgan fingerprint density at radius 2 is 1.24 bits per heavy atom. The van der Waals surface area contributed by atoms with Crippen LogP contribution in [0.4, 0.5) is 9.59 Å². The van der Waals surface area contributed by atoms with Crippen molar-refractivity contribution < 1.29 is 28.7 Å². The van der Waals surface area contributed by atoms with Gasteiger partial charge in [0.1, 0.15) is 23.7 Å². The fourth-order valence-corrected chi connectivity index (χ4v) is 7.87. The molecule has 1 aliphatic carbocycles. The maximum absolute atomic E-state index is 14.0. The minimum absolute atomic E-state index is 0.0518. The van der Waals surface area contributed by atoms with E-state index in [1.165, 1.54) is 14.2 Å². The quantitative estimate of drug-likeness (QED) is 0.0817. The van der Waals surface area contributed by atoms with Crippen LogP contribution < -0.4 is 10.6 Å². The van der Waals surface area contributed by atoms with Gasteiger partial charge in [-0.3, -0.25) is 9.59 Å². The number of carbonyl (C=O) groups is 4. The van der Waals surface area contributed by atoms with Crippen molar-refractivity contribution in [2.75, 3.05) is 20.8 Å². The molecule has 1 fully saturated rings. The third kappa shape index (κ3) is 11.5. The first-order valence-corrected chi connectivity index (χ1v) is 22.0. The second kappa shape index (κ2) is 20.8. The molecular weight excluding hydrogens is 797 g/mol. The van der Waals surface area contributed by atoms with E-state index in [9.17, 15) is 19.2 Å². The summed E-state index contributed by atoms with van der Waals surface area (Å²) < 4.78 is 9.62. The minimum Gasteiger partial charge on any atom is -0.453 e. The van der Waals surface area contributed by atoms with Gasteiger partial charge in [0.2, 0.25) is 11.8 Å². The zero-order valence-corrected chi connectivity index (χ0v) is 39.2. The number of nitrogens with one attached hydrogen (secondary N) is 4. The SMILES string of the molecule is CCC(C)CN(C(=O)C(NC(=O)OC)C(C)C)C(C)c1ncc(-c2ccc(C#Cc3ccc(-c4cnc(CN(C(=O)C(NC(=O)OC)C(C)C)C5C(C)C5C)[nH]4)cc3C)c(C)c2)[nH]1. The number of benzene rings is 2. The molecule has 14 heteroatoms. The topological polar surface area (TPSA) is 175 Å². The monoisotopic (exact) mass is 863 g/mol. The molecule has 1 aliphatic rings. The van der Waals surface area contributed by atoms with Crippen molar-refractivity contribution in [2.45, 2.75) is 113 Å². The van der Waals surface area contributed by atoms with Gasteiger partial charge >= 0.3 is 12.2 Å². The lowest BCUT2D eigenvalue weighted by atomic mass is 10.00. The summed E-state index contributed by atoms with van der Waals surface area (Å²) in [6, 6.07) is 10.4. The van der Waals surface area contributed by atoms with Gasteiger partial charge in [-0.2, -0.15) is 0 Å². The first-order valence-electron chi connectivity index (χ1n) is 22.0. The number of hydrogen-bond donors (Lipinski definition) is 4. The van der Waals surface area contributed by atoms with Crippen LogP contribution in [-0.2, 0) is 25.6 Å². The summed E-state index contributed by atoms with van der Waals surface area (Å²) in [4.78, 5) is 72.0. The molecule has 4 aromatic rings. The number of imidazole rings is 2. The first-order chi connectivity index (χ1) is 29.9. The molecule has 2 aromatic heterocycles. The molecule has 338 valence electrons. The van der Waals surface area contributed by atoms with Crippen molar-refractivity contribution in [3.8, 4) is 34.4 Å². The number of nitrogens with zero attached hydrogens (tertiary/aromatic N) is 4. The Labute approximate surface area is 372 Å². The van der Waals surface area contributed by atoms with E-state index in [0.29, 0.717) is 36.6 Å². The molecule has 4 amide bonds. The maximum Gasteiger partial charge on any atom is 0.407 e.